The smallest absolute Gasteiger partial charge is 0.208 e. The number of nitrogens with zero attached hydrogens (tertiary/aromatic N) is 1. The maximum Gasteiger partial charge on any atom is 0.241 e. The van der Waals surface area contributed by atoms with Gasteiger partial charge in [0.05, 0.1) is 16.5 Å². The standard InChI is InChI=1S/C13H16N2O2S/c1-9-3-4-11(8-14)7-13(9)18(16,17)15-10(2)12-5-6-12/h3-4,7,10,12,15H,5-6H2,1-2H3. The number of aryl methyl sites for hydroxylation is 1. The first-order valence-corrected chi connectivity index (χ1v) is 7.45. The second-order valence-electron chi connectivity index (χ2n) is 4.84. The average Bonchev–Trinajstić information content (AvgIpc) is 3.12. The quantitative estimate of drug-likeness (QED) is 0.903. The minimum atomic E-state index is -3.53. The highest BCUT2D eigenvalue weighted by molar-refractivity contribution is 7.89. The molecule has 5 heteroatoms. The number of nitriles is 1. The molecule has 0 spiro atoms. The molecule has 0 bridgehead atoms. The van der Waals surface area contributed by atoms with Crippen molar-refractivity contribution >= 4 is 10.0 Å². The van der Waals surface area contributed by atoms with Crippen LogP contribution in [0.15, 0.2) is 23.1 Å². The predicted molar refractivity (Wildman–Crippen MR) is 68.4 cm³/mol. The first-order valence-electron chi connectivity index (χ1n) is 5.97. The van der Waals surface area contributed by atoms with Gasteiger partial charge in [0.1, 0.15) is 0 Å². The molecule has 1 saturated carbocycles. The van der Waals surface area contributed by atoms with Crippen molar-refractivity contribution in [3.05, 3.63) is 29.3 Å². The zero-order chi connectivity index (χ0) is 13.3. The van der Waals surface area contributed by atoms with E-state index in [2.05, 4.69) is 4.72 Å². The molecule has 0 heterocycles. The zero-order valence-corrected chi connectivity index (χ0v) is 11.3. The molecule has 0 saturated heterocycles. The van der Waals surface area contributed by atoms with E-state index in [1.54, 1.807) is 19.1 Å². The van der Waals surface area contributed by atoms with Gasteiger partial charge in [0, 0.05) is 6.04 Å². The van der Waals surface area contributed by atoms with Crippen molar-refractivity contribution in [1.29, 1.82) is 5.26 Å². The van der Waals surface area contributed by atoms with Crippen LogP contribution in [-0.4, -0.2) is 14.5 Å². The van der Waals surface area contributed by atoms with Crippen LogP contribution in [0.2, 0.25) is 0 Å². The highest BCUT2D eigenvalue weighted by atomic mass is 32.2. The summed E-state index contributed by atoms with van der Waals surface area (Å²) in [5, 5.41) is 8.83. The van der Waals surface area contributed by atoms with Crippen molar-refractivity contribution in [1.82, 2.24) is 4.72 Å². The molecule has 4 nitrogen and oxygen atoms in total. The molecule has 0 amide bonds. The summed E-state index contributed by atoms with van der Waals surface area (Å²) in [6, 6.07) is 6.63. The molecule has 1 aromatic rings. The second-order valence-corrected chi connectivity index (χ2v) is 6.52. The lowest BCUT2D eigenvalue weighted by Gasteiger charge is -2.14. The van der Waals surface area contributed by atoms with Crippen LogP contribution in [0.1, 0.15) is 30.9 Å². The van der Waals surface area contributed by atoms with Crippen molar-refractivity contribution in [2.24, 2.45) is 5.92 Å². The molecule has 0 radical (unpaired) electrons. The van der Waals surface area contributed by atoms with Crippen LogP contribution in [0.3, 0.4) is 0 Å². The maximum atomic E-state index is 12.2. The van der Waals surface area contributed by atoms with Crippen LogP contribution in [-0.2, 0) is 10.0 Å². The Morgan fingerprint density at radius 1 is 1.44 bits per heavy atom. The van der Waals surface area contributed by atoms with E-state index in [1.807, 2.05) is 13.0 Å². The number of nitrogens with one attached hydrogen (secondary N) is 1. The fourth-order valence-corrected chi connectivity index (χ4v) is 3.54. The normalized spacial score (nSPS) is 17.2. The van der Waals surface area contributed by atoms with Gasteiger partial charge in [-0.25, -0.2) is 13.1 Å². The van der Waals surface area contributed by atoms with Crippen molar-refractivity contribution < 1.29 is 8.42 Å². The first kappa shape index (κ1) is 13.1. The summed E-state index contributed by atoms with van der Waals surface area (Å²) in [6.07, 6.45) is 2.17. The van der Waals surface area contributed by atoms with Gasteiger partial charge in [-0.2, -0.15) is 5.26 Å². The SMILES string of the molecule is Cc1ccc(C#N)cc1S(=O)(=O)NC(C)C1CC1. The summed E-state index contributed by atoms with van der Waals surface area (Å²) < 4.78 is 27.2. The third-order valence-electron chi connectivity index (χ3n) is 3.28. The molecule has 1 fully saturated rings. The average molecular weight is 264 g/mol. The van der Waals surface area contributed by atoms with Crippen LogP contribution < -0.4 is 4.72 Å². The van der Waals surface area contributed by atoms with Crippen molar-refractivity contribution in [3.8, 4) is 6.07 Å². The van der Waals surface area contributed by atoms with Gasteiger partial charge >= 0.3 is 0 Å². The van der Waals surface area contributed by atoms with Crippen LogP contribution in [0, 0.1) is 24.2 Å². The molecule has 1 aliphatic rings. The Morgan fingerprint density at radius 2 is 2.11 bits per heavy atom. The van der Waals surface area contributed by atoms with Crippen molar-refractivity contribution in [3.63, 3.8) is 0 Å². The first-order chi connectivity index (χ1) is 8.44. The van der Waals surface area contributed by atoms with E-state index in [1.165, 1.54) is 6.07 Å². The fourth-order valence-electron chi connectivity index (χ4n) is 1.96. The van der Waals surface area contributed by atoms with Crippen LogP contribution >= 0.6 is 0 Å². The molecule has 0 aromatic heterocycles. The van der Waals surface area contributed by atoms with Crippen molar-refractivity contribution in [2.75, 3.05) is 0 Å². The molecular weight excluding hydrogens is 248 g/mol. The van der Waals surface area contributed by atoms with E-state index >= 15 is 0 Å². The summed E-state index contributed by atoms with van der Waals surface area (Å²) in [6.45, 7) is 3.62. The molecule has 1 aliphatic carbocycles. The summed E-state index contributed by atoms with van der Waals surface area (Å²) in [5.74, 6) is 0.458. The van der Waals surface area contributed by atoms with Gasteiger partial charge in [-0.15, -0.1) is 0 Å². The highest BCUT2D eigenvalue weighted by Crippen LogP contribution is 2.33. The lowest BCUT2D eigenvalue weighted by Crippen LogP contribution is -2.34. The number of hydrogen-bond acceptors (Lipinski definition) is 3. The zero-order valence-electron chi connectivity index (χ0n) is 10.5. The summed E-state index contributed by atoms with van der Waals surface area (Å²) in [5.41, 5.74) is 1.02. The summed E-state index contributed by atoms with van der Waals surface area (Å²) >= 11 is 0. The molecule has 1 aromatic carbocycles. The molecule has 18 heavy (non-hydrogen) atoms. The third-order valence-corrected chi connectivity index (χ3v) is 4.98. The Labute approximate surface area is 108 Å². The Balaban J connectivity index is 2.31. The predicted octanol–water partition coefficient (Wildman–Crippen LogP) is 1.94. The van der Waals surface area contributed by atoms with E-state index in [4.69, 9.17) is 5.26 Å². The van der Waals surface area contributed by atoms with Gasteiger partial charge in [-0.3, -0.25) is 0 Å². The monoisotopic (exact) mass is 264 g/mol. The Hall–Kier alpha value is -1.38. The van der Waals surface area contributed by atoms with E-state index in [9.17, 15) is 8.42 Å². The van der Waals surface area contributed by atoms with E-state index in [0.717, 1.165) is 12.8 Å². The number of hydrogen-bond donors (Lipinski definition) is 1. The summed E-state index contributed by atoms with van der Waals surface area (Å²) in [4.78, 5) is 0.203. The molecule has 2 rings (SSSR count). The van der Waals surface area contributed by atoms with Gasteiger partial charge in [-0.05, 0) is 50.3 Å². The van der Waals surface area contributed by atoms with Gasteiger partial charge in [-0.1, -0.05) is 6.07 Å². The van der Waals surface area contributed by atoms with Crippen molar-refractivity contribution in [2.45, 2.75) is 37.6 Å². The summed E-state index contributed by atoms with van der Waals surface area (Å²) in [7, 11) is -3.53. The number of sulfonamides is 1. The molecule has 1 atom stereocenters. The van der Waals surface area contributed by atoms with Crippen LogP contribution in [0.25, 0.3) is 0 Å². The Bertz CT molecular complexity index is 598. The lowest BCUT2D eigenvalue weighted by atomic mass is 10.2. The lowest BCUT2D eigenvalue weighted by molar-refractivity contribution is 0.537. The van der Waals surface area contributed by atoms with Gasteiger partial charge in [0.15, 0.2) is 0 Å². The van der Waals surface area contributed by atoms with Crippen LogP contribution in [0.5, 0.6) is 0 Å². The minimum Gasteiger partial charge on any atom is -0.208 e. The van der Waals surface area contributed by atoms with E-state index in [0.29, 0.717) is 17.0 Å². The van der Waals surface area contributed by atoms with E-state index in [-0.39, 0.29) is 10.9 Å². The van der Waals surface area contributed by atoms with Gasteiger partial charge < -0.3 is 0 Å². The van der Waals surface area contributed by atoms with E-state index < -0.39 is 10.0 Å². The molecular formula is C13H16N2O2S. The molecule has 1 N–H and O–H groups in total. The second kappa shape index (κ2) is 4.71. The largest absolute Gasteiger partial charge is 0.241 e. The molecule has 96 valence electrons. The molecule has 0 aliphatic heterocycles. The molecule has 1 unspecified atom stereocenters. The topological polar surface area (TPSA) is 70.0 Å². The van der Waals surface area contributed by atoms with Gasteiger partial charge in [0.2, 0.25) is 10.0 Å². The Morgan fingerprint density at radius 3 is 2.67 bits per heavy atom. The number of benzene rings is 1. The van der Waals surface area contributed by atoms with Gasteiger partial charge in [0.25, 0.3) is 0 Å². The number of rotatable bonds is 4. The minimum absolute atomic E-state index is 0.0415. The highest BCUT2D eigenvalue weighted by Gasteiger charge is 2.31. The Kier molecular flexibility index (Phi) is 3.42. The third kappa shape index (κ3) is 2.71. The maximum absolute atomic E-state index is 12.2. The van der Waals surface area contributed by atoms with Crippen LogP contribution in [0.4, 0.5) is 0 Å². The fraction of sp³-hybridized carbons (Fsp3) is 0.462.